The van der Waals surface area contributed by atoms with Crippen LogP contribution in [-0.2, 0) is 19.4 Å². The highest BCUT2D eigenvalue weighted by Crippen LogP contribution is 2.27. The Morgan fingerprint density at radius 2 is 2.00 bits per heavy atom. The van der Waals surface area contributed by atoms with E-state index in [0.29, 0.717) is 12.2 Å². The van der Waals surface area contributed by atoms with Crippen LogP contribution < -0.4 is 10.1 Å². The normalized spacial score (nSPS) is 12.4. The number of rotatable bonds is 10. The topological polar surface area (TPSA) is 110 Å². The zero-order chi connectivity index (χ0) is 19.0. The molecule has 25 heavy (non-hydrogen) atoms. The van der Waals surface area contributed by atoms with Crippen LogP contribution in [0.5, 0.6) is 5.75 Å². The van der Waals surface area contributed by atoms with Crippen LogP contribution in [0.1, 0.15) is 37.8 Å². The van der Waals surface area contributed by atoms with Gasteiger partial charge in [0.2, 0.25) is 5.91 Å². The average molecular weight is 392 g/mol. The summed E-state index contributed by atoms with van der Waals surface area (Å²) in [6.45, 7) is 1.94. The van der Waals surface area contributed by atoms with Gasteiger partial charge in [-0.1, -0.05) is 37.4 Å². The molecule has 9 heteroatoms. The van der Waals surface area contributed by atoms with Gasteiger partial charge in [-0.3, -0.25) is 4.79 Å². The number of carboxylic acid groups (broad SMARTS) is 1. The number of carbonyl (C=O) groups excluding carboxylic acids is 1. The fourth-order valence-corrected chi connectivity index (χ4v) is 3.73. The van der Waals surface area contributed by atoms with Gasteiger partial charge in [0, 0.05) is 0 Å². The maximum Gasteiger partial charge on any atom is 0.330 e. The lowest BCUT2D eigenvalue weighted by Crippen LogP contribution is -2.37. The molecule has 0 fully saturated rings. The number of hydrogen-bond donors (Lipinski definition) is 2. The third kappa shape index (κ3) is 6.91. The molecule has 0 aliphatic heterocycles. The van der Waals surface area contributed by atoms with Gasteiger partial charge in [-0.05, 0) is 24.1 Å². The summed E-state index contributed by atoms with van der Waals surface area (Å²) in [5, 5.41) is 11.7. The quantitative estimate of drug-likeness (QED) is 0.591. The largest absolute Gasteiger partial charge is 0.495 e. The smallest absolute Gasteiger partial charge is 0.330 e. The molecule has 2 N–H and O–H groups in total. The van der Waals surface area contributed by atoms with Crippen LogP contribution in [0, 0.1) is 0 Å². The third-order valence-electron chi connectivity index (χ3n) is 3.47. The SMILES string of the molecule is CCCCCS(=O)(=O)CC(=O)NC(C(=O)O)c1ccc(OC)c(Cl)c1. The minimum absolute atomic E-state index is 0.0969. The first kappa shape index (κ1) is 21.2. The summed E-state index contributed by atoms with van der Waals surface area (Å²) in [5.41, 5.74) is 0.218. The van der Waals surface area contributed by atoms with Crippen LogP contribution in [0.2, 0.25) is 5.02 Å². The fraction of sp³-hybridized carbons (Fsp3) is 0.500. The van der Waals surface area contributed by atoms with Gasteiger partial charge in [0.1, 0.15) is 11.5 Å². The van der Waals surface area contributed by atoms with E-state index in [0.717, 1.165) is 12.8 Å². The fourth-order valence-electron chi connectivity index (χ4n) is 2.20. The van der Waals surface area contributed by atoms with Gasteiger partial charge in [0.05, 0.1) is 17.9 Å². The van der Waals surface area contributed by atoms with Crippen molar-refractivity contribution in [3.8, 4) is 5.75 Å². The summed E-state index contributed by atoms with van der Waals surface area (Å²) >= 11 is 5.97. The molecule has 0 spiro atoms. The zero-order valence-electron chi connectivity index (χ0n) is 14.1. The Labute approximate surface area is 152 Å². The van der Waals surface area contributed by atoms with E-state index in [2.05, 4.69) is 5.32 Å². The number of carboxylic acids is 1. The monoisotopic (exact) mass is 391 g/mol. The van der Waals surface area contributed by atoms with E-state index in [-0.39, 0.29) is 16.3 Å². The molecule has 1 aromatic carbocycles. The molecule has 1 rings (SSSR count). The van der Waals surface area contributed by atoms with Crippen LogP contribution >= 0.6 is 11.6 Å². The van der Waals surface area contributed by atoms with Crippen LogP contribution in [0.4, 0.5) is 0 Å². The molecular weight excluding hydrogens is 370 g/mol. The van der Waals surface area contributed by atoms with Crippen molar-refractivity contribution >= 4 is 33.3 Å². The van der Waals surface area contributed by atoms with E-state index in [1.165, 1.54) is 25.3 Å². The number of carbonyl (C=O) groups is 2. The van der Waals surface area contributed by atoms with E-state index in [1.54, 1.807) is 0 Å². The summed E-state index contributed by atoms with van der Waals surface area (Å²) in [5.74, 6) is -2.67. The predicted octanol–water partition coefficient (Wildman–Crippen LogP) is 2.20. The second kappa shape index (κ2) is 9.62. The van der Waals surface area contributed by atoms with Crippen molar-refractivity contribution in [2.45, 2.75) is 32.2 Å². The minimum Gasteiger partial charge on any atom is -0.495 e. The van der Waals surface area contributed by atoms with Crippen LogP contribution in [0.15, 0.2) is 18.2 Å². The van der Waals surface area contributed by atoms with Crippen molar-refractivity contribution in [1.29, 1.82) is 0 Å². The second-order valence-corrected chi connectivity index (χ2v) is 8.12. The summed E-state index contributed by atoms with van der Waals surface area (Å²) < 4.78 is 28.8. The molecule has 0 bridgehead atoms. The van der Waals surface area contributed by atoms with Crippen LogP contribution in [0.25, 0.3) is 0 Å². The highest BCUT2D eigenvalue weighted by Gasteiger charge is 2.25. The van der Waals surface area contributed by atoms with Gasteiger partial charge < -0.3 is 15.2 Å². The van der Waals surface area contributed by atoms with E-state index in [1.807, 2.05) is 6.92 Å². The standard InChI is InChI=1S/C16H22ClNO6S/c1-3-4-5-8-25(22,23)10-14(19)18-15(16(20)21)11-6-7-13(24-2)12(17)9-11/h6-7,9,15H,3-5,8,10H2,1-2H3,(H,18,19)(H,20,21). The summed E-state index contributed by atoms with van der Waals surface area (Å²) in [6, 6.07) is 2.87. The number of amides is 1. The van der Waals surface area contributed by atoms with E-state index < -0.39 is 33.5 Å². The molecule has 1 amide bonds. The maximum atomic E-state index is 12.0. The molecule has 0 saturated heterocycles. The highest BCUT2D eigenvalue weighted by molar-refractivity contribution is 7.92. The Kier molecular flexibility index (Phi) is 8.18. The first-order chi connectivity index (χ1) is 11.7. The van der Waals surface area contributed by atoms with Crippen molar-refractivity contribution in [3.05, 3.63) is 28.8 Å². The van der Waals surface area contributed by atoms with Crippen LogP contribution in [0.3, 0.4) is 0 Å². The van der Waals surface area contributed by atoms with E-state index in [4.69, 9.17) is 16.3 Å². The van der Waals surface area contributed by atoms with Gasteiger partial charge in [0.15, 0.2) is 15.9 Å². The number of aliphatic carboxylic acids is 1. The van der Waals surface area contributed by atoms with Crippen LogP contribution in [-0.4, -0.2) is 44.0 Å². The highest BCUT2D eigenvalue weighted by atomic mass is 35.5. The number of nitrogens with one attached hydrogen (secondary N) is 1. The van der Waals surface area contributed by atoms with Crippen molar-refractivity contribution in [2.24, 2.45) is 0 Å². The lowest BCUT2D eigenvalue weighted by molar-refractivity contribution is -0.141. The van der Waals surface area contributed by atoms with E-state index >= 15 is 0 Å². The Morgan fingerprint density at radius 1 is 1.32 bits per heavy atom. The lowest BCUT2D eigenvalue weighted by Gasteiger charge is -2.16. The van der Waals surface area contributed by atoms with Gasteiger partial charge in [-0.25, -0.2) is 13.2 Å². The number of halogens is 1. The Bertz CT molecular complexity index is 719. The molecule has 0 aromatic heterocycles. The average Bonchev–Trinajstić information content (AvgIpc) is 2.52. The first-order valence-corrected chi connectivity index (χ1v) is 9.96. The van der Waals surface area contributed by atoms with Crippen molar-refractivity contribution in [2.75, 3.05) is 18.6 Å². The predicted molar refractivity (Wildman–Crippen MR) is 94.7 cm³/mol. The molecule has 0 radical (unpaired) electrons. The van der Waals surface area contributed by atoms with Gasteiger partial charge in [0.25, 0.3) is 0 Å². The second-order valence-electron chi connectivity index (χ2n) is 5.53. The van der Waals surface area contributed by atoms with Gasteiger partial charge in [-0.2, -0.15) is 0 Å². The zero-order valence-corrected chi connectivity index (χ0v) is 15.7. The number of ether oxygens (including phenoxy) is 1. The molecule has 1 unspecified atom stereocenters. The summed E-state index contributed by atoms with van der Waals surface area (Å²) in [6.07, 6.45) is 2.09. The number of unbranched alkanes of at least 4 members (excludes halogenated alkanes) is 2. The van der Waals surface area contributed by atoms with Crippen molar-refractivity contribution in [1.82, 2.24) is 5.32 Å². The Balaban J connectivity index is 2.83. The Morgan fingerprint density at radius 3 is 2.52 bits per heavy atom. The minimum atomic E-state index is -3.58. The first-order valence-electron chi connectivity index (χ1n) is 7.76. The molecule has 0 saturated carbocycles. The maximum absolute atomic E-state index is 12.0. The molecule has 0 aliphatic carbocycles. The molecule has 0 aliphatic rings. The Hall–Kier alpha value is -1.80. The number of hydrogen-bond acceptors (Lipinski definition) is 5. The summed E-state index contributed by atoms with van der Waals surface area (Å²) in [7, 11) is -2.16. The number of methoxy groups -OCH3 is 1. The lowest BCUT2D eigenvalue weighted by atomic mass is 10.1. The van der Waals surface area contributed by atoms with Crippen molar-refractivity contribution in [3.63, 3.8) is 0 Å². The molecule has 7 nitrogen and oxygen atoms in total. The molecule has 1 atom stereocenters. The third-order valence-corrected chi connectivity index (χ3v) is 5.38. The van der Waals surface area contributed by atoms with Gasteiger partial charge >= 0.3 is 5.97 Å². The molecule has 0 heterocycles. The molecule has 1 aromatic rings. The van der Waals surface area contributed by atoms with Gasteiger partial charge in [-0.15, -0.1) is 0 Å². The molecular formula is C16H22ClNO6S. The number of sulfone groups is 1. The van der Waals surface area contributed by atoms with Crippen molar-refractivity contribution < 1.29 is 27.9 Å². The van der Waals surface area contributed by atoms with E-state index in [9.17, 15) is 23.1 Å². The summed E-state index contributed by atoms with van der Waals surface area (Å²) in [4.78, 5) is 23.4. The number of benzene rings is 1. The molecule has 140 valence electrons.